The van der Waals surface area contributed by atoms with E-state index in [2.05, 4.69) is 18.8 Å². The molecule has 0 spiro atoms. The van der Waals surface area contributed by atoms with Gasteiger partial charge in [0.1, 0.15) is 0 Å². The van der Waals surface area contributed by atoms with Crippen molar-refractivity contribution in [3.05, 3.63) is 12.7 Å². The molecule has 1 amide bonds. The van der Waals surface area contributed by atoms with Crippen molar-refractivity contribution in [3.63, 3.8) is 0 Å². The zero-order chi connectivity index (χ0) is 12.2. The van der Waals surface area contributed by atoms with Crippen molar-refractivity contribution in [1.82, 2.24) is 5.32 Å². The third-order valence-electron chi connectivity index (χ3n) is 2.72. The first-order chi connectivity index (χ1) is 7.74. The number of hydrogen-bond donors (Lipinski definition) is 2. The van der Waals surface area contributed by atoms with E-state index < -0.39 is 0 Å². The molecule has 0 aromatic rings. The third-order valence-corrected chi connectivity index (χ3v) is 2.72. The van der Waals surface area contributed by atoms with Gasteiger partial charge in [0.25, 0.3) is 0 Å². The minimum Gasteiger partial charge on any atom is -0.356 e. The lowest BCUT2D eigenvalue weighted by atomic mass is 9.94. The highest BCUT2D eigenvalue weighted by Gasteiger charge is 2.09. The predicted octanol–water partition coefficient (Wildman–Crippen LogP) is 2.22. The van der Waals surface area contributed by atoms with Crippen molar-refractivity contribution in [2.45, 2.75) is 45.4 Å². The summed E-state index contributed by atoms with van der Waals surface area (Å²) < 4.78 is 0. The molecule has 0 aliphatic heterocycles. The van der Waals surface area contributed by atoms with Gasteiger partial charge in [0, 0.05) is 13.0 Å². The summed E-state index contributed by atoms with van der Waals surface area (Å²) in [6.07, 6.45) is 7.63. The maximum absolute atomic E-state index is 11.5. The van der Waals surface area contributed by atoms with Crippen molar-refractivity contribution in [2.24, 2.45) is 11.7 Å². The maximum atomic E-state index is 11.5. The van der Waals surface area contributed by atoms with Gasteiger partial charge >= 0.3 is 0 Å². The molecular weight excluding hydrogens is 200 g/mol. The highest BCUT2D eigenvalue weighted by Crippen LogP contribution is 2.16. The molecule has 1 atom stereocenters. The summed E-state index contributed by atoms with van der Waals surface area (Å²) in [6.45, 7) is 7.22. The van der Waals surface area contributed by atoms with Crippen LogP contribution in [0.5, 0.6) is 0 Å². The number of nitrogens with one attached hydrogen (secondary N) is 1. The standard InChI is InChI=1S/C13H26N2O/c1-3-5-11-15-13(16)8-7-12(6-4-2)9-10-14/h3,12H,1,4-11,14H2,2H3,(H,15,16). The van der Waals surface area contributed by atoms with E-state index in [-0.39, 0.29) is 5.91 Å². The van der Waals surface area contributed by atoms with Crippen LogP contribution in [0.2, 0.25) is 0 Å². The molecule has 0 saturated carbocycles. The topological polar surface area (TPSA) is 55.1 Å². The summed E-state index contributed by atoms with van der Waals surface area (Å²) in [5.41, 5.74) is 5.55. The largest absolute Gasteiger partial charge is 0.356 e. The number of nitrogens with two attached hydrogens (primary N) is 1. The zero-order valence-corrected chi connectivity index (χ0v) is 10.5. The molecule has 1 unspecified atom stereocenters. The molecule has 3 nitrogen and oxygen atoms in total. The fourth-order valence-electron chi connectivity index (χ4n) is 1.81. The van der Waals surface area contributed by atoms with Crippen LogP contribution in [-0.4, -0.2) is 19.0 Å². The summed E-state index contributed by atoms with van der Waals surface area (Å²) >= 11 is 0. The van der Waals surface area contributed by atoms with Crippen molar-refractivity contribution >= 4 is 5.91 Å². The molecule has 3 heteroatoms. The van der Waals surface area contributed by atoms with Crippen LogP contribution in [0.25, 0.3) is 0 Å². The minimum absolute atomic E-state index is 0.153. The number of amides is 1. The smallest absolute Gasteiger partial charge is 0.220 e. The minimum atomic E-state index is 0.153. The number of rotatable bonds is 10. The summed E-state index contributed by atoms with van der Waals surface area (Å²) in [6, 6.07) is 0. The summed E-state index contributed by atoms with van der Waals surface area (Å²) in [4.78, 5) is 11.5. The van der Waals surface area contributed by atoms with Crippen LogP contribution in [0.4, 0.5) is 0 Å². The monoisotopic (exact) mass is 226 g/mol. The maximum Gasteiger partial charge on any atom is 0.220 e. The van der Waals surface area contributed by atoms with Crippen LogP contribution in [0.15, 0.2) is 12.7 Å². The summed E-state index contributed by atoms with van der Waals surface area (Å²) in [5.74, 6) is 0.764. The van der Waals surface area contributed by atoms with Crippen molar-refractivity contribution in [3.8, 4) is 0 Å². The van der Waals surface area contributed by atoms with Gasteiger partial charge in [-0.1, -0.05) is 25.8 Å². The van der Waals surface area contributed by atoms with E-state index >= 15 is 0 Å². The van der Waals surface area contributed by atoms with Crippen LogP contribution < -0.4 is 11.1 Å². The Labute approximate surface area is 99.5 Å². The normalized spacial score (nSPS) is 12.1. The van der Waals surface area contributed by atoms with Crippen LogP contribution >= 0.6 is 0 Å². The number of carbonyl (C=O) groups is 1. The molecule has 0 bridgehead atoms. The van der Waals surface area contributed by atoms with Crippen molar-refractivity contribution in [1.29, 1.82) is 0 Å². The Kier molecular flexibility index (Phi) is 10.1. The Morgan fingerprint density at radius 3 is 2.75 bits per heavy atom. The van der Waals surface area contributed by atoms with Crippen LogP contribution in [-0.2, 0) is 4.79 Å². The summed E-state index contributed by atoms with van der Waals surface area (Å²) in [5, 5.41) is 2.88. The molecule has 0 aromatic carbocycles. The van der Waals surface area contributed by atoms with E-state index in [0.29, 0.717) is 18.9 Å². The number of hydrogen-bond acceptors (Lipinski definition) is 2. The Morgan fingerprint density at radius 2 is 2.19 bits per heavy atom. The average Bonchev–Trinajstić information content (AvgIpc) is 2.27. The first-order valence-electron chi connectivity index (χ1n) is 6.32. The lowest BCUT2D eigenvalue weighted by Gasteiger charge is -2.14. The van der Waals surface area contributed by atoms with Crippen LogP contribution in [0.1, 0.15) is 45.4 Å². The van der Waals surface area contributed by atoms with Crippen LogP contribution in [0.3, 0.4) is 0 Å². The fraction of sp³-hybridized carbons (Fsp3) is 0.769. The predicted molar refractivity (Wildman–Crippen MR) is 69.1 cm³/mol. The molecule has 0 radical (unpaired) electrons. The van der Waals surface area contributed by atoms with Gasteiger partial charge in [0.15, 0.2) is 0 Å². The van der Waals surface area contributed by atoms with Gasteiger partial charge in [-0.15, -0.1) is 6.58 Å². The highest BCUT2D eigenvalue weighted by atomic mass is 16.1. The second-order valence-electron chi connectivity index (χ2n) is 4.20. The van der Waals surface area contributed by atoms with Gasteiger partial charge in [0.2, 0.25) is 5.91 Å². The van der Waals surface area contributed by atoms with E-state index in [0.717, 1.165) is 25.8 Å². The average molecular weight is 226 g/mol. The second kappa shape index (κ2) is 10.7. The van der Waals surface area contributed by atoms with E-state index in [1.54, 1.807) is 0 Å². The van der Waals surface area contributed by atoms with Gasteiger partial charge in [-0.2, -0.15) is 0 Å². The lowest BCUT2D eigenvalue weighted by Crippen LogP contribution is -2.24. The molecule has 0 fully saturated rings. The molecule has 0 aliphatic carbocycles. The Balaban J connectivity index is 3.64. The van der Waals surface area contributed by atoms with E-state index in [9.17, 15) is 4.79 Å². The second-order valence-corrected chi connectivity index (χ2v) is 4.20. The first kappa shape index (κ1) is 15.2. The van der Waals surface area contributed by atoms with Gasteiger partial charge in [-0.3, -0.25) is 4.79 Å². The Bertz CT molecular complexity index is 186. The molecule has 3 N–H and O–H groups in total. The van der Waals surface area contributed by atoms with E-state index in [1.165, 1.54) is 12.8 Å². The molecule has 94 valence electrons. The Hall–Kier alpha value is -0.830. The van der Waals surface area contributed by atoms with Gasteiger partial charge in [-0.05, 0) is 31.7 Å². The molecule has 0 rings (SSSR count). The van der Waals surface area contributed by atoms with Crippen molar-refractivity contribution < 1.29 is 4.79 Å². The van der Waals surface area contributed by atoms with Crippen LogP contribution in [0, 0.1) is 5.92 Å². The molecule has 0 heterocycles. The van der Waals surface area contributed by atoms with Crippen molar-refractivity contribution in [2.75, 3.05) is 13.1 Å². The molecule has 0 aliphatic rings. The molecular formula is C13H26N2O. The fourth-order valence-corrected chi connectivity index (χ4v) is 1.81. The molecule has 0 aromatic heterocycles. The first-order valence-corrected chi connectivity index (χ1v) is 6.32. The Morgan fingerprint density at radius 1 is 1.44 bits per heavy atom. The van der Waals surface area contributed by atoms with E-state index in [1.807, 2.05) is 6.08 Å². The lowest BCUT2D eigenvalue weighted by molar-refractivity contribution is -0.121. The van der Waals surface area contributed by atoms with Gasteiger partial charge < -0.3 is 11.1 Å². The molecule has 16 heavy (non-hydrogen) atoms. The van der Waals surface area contributed by atoms with E-state index in [4.69, 9.17) is 5.73 Å². The van der Waals surface area contributed by atoms with Gasteiger partial charge in [0.05, 0.1) is 0 Å². The third kappa shape index (κ3) is 8.48. The van der Waals surface area contributed by atoms with Gasteiger partial charge in [-0.25, -0.2) is 0 Å². The quantitative estimate of drug-likeness (QED) is 0.443. The highest BCUT2D eigenvalue weighted by molar-refractivity contribution is 5.75. The number of carbonyl (C=O) groups excluding carboxylic acids is 1. The SMILES string of the molecule is C=CCCNC(=O)CCC(CCC)CCN. The zero-order valence-electron chi connectivity index (χ0n) is 10.5. The summed E-state index contributed by atoms with van der Waals surface area (Å²) in [7, 11) is 0. The molecule has 0 saturated heterocycles.